The highest BCUT2D eigenvalue weighted by Crippen LogP contribution is 2.39. The fraction of sp³-hybridized carbons (Fsp3) is 0.571. The van der Waals surface area contributed by atoms with Gasteiger partial charge in [-0.2, -0.15) is 0 Å². The number of fused-ring (bicyclic) bond motifs is 1. The smallest absolute Gasteiger partial charge is 0.0438 e. The number of aryl methyl sites for hydroxylation is 1. The van der Waals surface area contributed by atoms with Crippen molar-refractivity contribution in [3.8, 4) is 0 Å². The largest absolute Gasteiger partial charge is 0.321 e. The van der Waals surface area contributed by atoms with Crippen molar-refractivity contribution in [2.24, 2.45) is 11.7 Å². The molecule has 0 heterocycles. The minimum absolute atomic E-state index is 0.0798. The van der Waals surface area contributed by atoms with Gasteiger partial charge in [0.2, 0.25) is 0 Å². The lowest BCUT2D eigenvalue weighted by Crippen LogP contribution is -2.45. The SMILES string of the molecule is CCC(C)C1(N)CCCc2ccccc21. The monoisotopic (exact) mass is 203 g/mol. The van der Waals surface area contributed by atoms with Crippen molar-refractivity contribution in [3.05, 3.63) is 35.4 Å². The fourth-order valence-electron chi connectivity index (χ4n) is 2.77. The van der Waals surface area contributed by atoms with E-state index in [9.17, 15) is 0 Å². The highest BCUT2D eigenvalue weighted by atomic mass is 14.8. The molecule has 0 aliphatic heterocycles. The molecule has 0 bridgehead atoms. The lowest BCUT2D eigenvalue weighted by atomic mass is 9.70. The summed E-state index contributed by atoms with van der Waals surface area (Å²) >= 11 is 0. The third kappa shape index (κ3) is 1.69. The predicted octanol–water partition coefficient (Wildman–Crippen LogP) is 3.22. The fourth-order valence-corrected chi connectivity index (χ4v) is 2.77. The van der Waals surface area contributed by atoms with Gasteiger partial charge in [0.25, 0.3) is 0 Å². The van der Waals surface area contributed by atoms with Crippen LogP contribution in [-0.4, -0.2) is 0 Å². The van der Waals surface area contributed by atoms with Crippen LogP contribution in [0.3, 0.4) is 0 Å². The summed E-state index contributed by atoms with van der Waals surface area (Å²) in [6, 6.07) is 8.70. The lowest BCUT2D eigenvalue weighted by molar-refractivity contribution is 0.248. The average molecular weight is 203 g/mol. The quantitative estimate of drug-likeness (QED) is 0.784. The van der Waals surface area contributed by atoms with E-state index in [0.29, 0.717) is 5.92 Å². The summed E-state index contributed by atoms with van der Waals surface area (Å²) in [5.74, 6) is 0.568. The van der Waals surface area contributed by atoms with Crippen LogP contribution >= 0.6 is 0 Å². The van der Waals surface area contributed by atoms with Gasteiger partial charge in [-0.05, 0) is 36.3 Å². The average Bonchev–Trinajstić information content (AvgIpc) is 2.28. The molecule has 0 fully saturated rings. The first-order valence-corrected chi connectivity index (χ1v) is 6.05. The van der Waals surface area contributed by atoms with Crippen LogP contribution in [-0.2, 0) is 12.0 Å². The number of hydrogen-bond acceptors (Lipinski definition) is 1. The van der Waals surface area contributed by atoms with Crippen LogP contribution in [0.15, 0.2) is 24.3 Å². The molecule has 0 saturated carbocycles. The topological polar surface area (TPSA) is 26.0 Å². The van der Waals surface area contributed by atoms with Crippen molar-refractivity contribution in [2.75, 3.05) is 0 Å². The van der Waals surface area contributed by atoms with E-state index in [1.54, 1.807) is 0 Å². The molecule has 0 spiro atoms. The third-order valence-electron chi connectivity index (χ3n) is 4.05. The van der Waals surface area contributed by atoms with E-state index in [2.05, 4.69) is 38.1 Å². The van der Waals surface area contributed by atoms with Crippen LogP contribution in [0, 0.1) is 5.92 Å². The number of benzene rings is 1. The van der Waals surface area contributed by atoms with Crippen molar-refractivity contribution in [2.45, 2.75) is 45.1 Å². The maximum Gasteiger partial charge on any atom is 0.0438 e. The zero-order valence-electron chi connectivity index (χ0n) is 9.79. The van der Waals surface area contributed by atoms with Gasteiger partial charge in [-0.25, -0.2) is 0 Å². The molecule has 1 aliphatic rings. The summed E-state index contributed by atoms with van der Waals surface area (Å²) in [5.41, 5.74) is 9.40. The Balaban J connectivity index is 2.44. The summed E-state index contributed by atoms with van der Waals surface area (Å²) < 4.78 is 0. The van der Waals surface area contributed by atoms with Crippen LogP contribution in [0.5, 0.6) is 0 Å². The molecule has 1 aliphatic carbocycles. The van der Waals surface area contributed by atoms with E-state index < -0.39 is 0 Å². The molecule has 0 saturated heterocycles. The molecular weight excluding hydrogens is 182 g/mol. The molecule has 2 atom stereocenters. The van der Waals surface area contributed by atoms with Gasteiger partial charge < -0.3 is 5.73 Å². The summed E-state index contributed by atoms with van der Waals surface area (Å²) in [7, 11) is 0. The van der Waals surface area contributed by atoms with Gasteiger partial charge in [-0.1, -0.05) is 44.5 Å². The molecule has 2 rings (SSSR count). The Morgan fingerprint density at radius 2 is 2.13 bits per heavy atom. The van der Waals surface area contributed by atoms with Gasteiger partial charge >= 0.3 is 0 Å². The second-order valence-corrected chi connectivity index (χ2v) is 4.86. The highest BCUT2D eigenvalue weighted by Gasteiger charge is 2.36. The second-order valence-electron chi connectivity index (χ2n) is 4.86. The predicted molar refractivity (Wildman–Crippen MR) is 64.7 cm³/mol. The number of hydrogen-bond donors (Lipinski definition) is 1. The molecule has 0 aromatic heterocycles. The van der Waals surface area contributed by atoms with Gasteiger partial charge in [0, 0.05) is 5.54 Å². The molecule has 1 heteroatoms. The summed E-state index contributed by atoms with van der Waals surface area (Å²) in [6.07, 6.45) is 4.73. The van der Waals surface area contributed by atoms with Crippen molar-refractivity contribution in [1.82, 2.24) is 0 Å². The standard InChI is InChI=1S/C14H21N/c1-3-11(2)14(15)10-6-8-12-7-4-5-9-13(12)14/h4-5,7,9,11H,3,6,8,10,15H2,1-2H3. The lowest BCUT2D eigenvalue weighted by Gasteiger charge is -2.40. The van der Waals surface area contributed by atoms with E-state index in [1.807, 2.05) is 0 Å². The Bertz CT molecular complexity index is 345. The normalized spacial score (nSPS) is 27.1. The molecule has 1 aromatic rings. The van der Waals surface area contributed by atoms with Crippen LogP contribution in [0.25, 0.3) is 0 Å². The van der Waals surface area contributed by atoms with Gasteiger partial charge in [0.1, 0.15) is 0 Å². The molecule has 1 aromatic carbocycles. The van der Waals surface area contributed by atoms with Crippen molar-refractivity contribution >= 4 is 0 Å². The maximum atomic E-state index is 6.62. The van der Waals surface area contributed by atoms with Crippen molar-refractivity contribution < 1.29 is 0 Å². The van der Waals surface area contributed by atoms with Crippen LogP contribution in [0.1, 0.15) is 44.2 Å². The van der Waals surface area contributed by atoms with Gasteiger partial charge in [0.05, 0.1) is 0 Å². The number of rotatable bonds is 2. The van der Waals surface area contributed by atoms with Crippen molar-refractivity contribution in [1.29, 1.82) is 0 Å². The van der Waals surface area contributed by atoms with E-state index in [-0.39, 0.29) is 5.54 Å². The maximum absolute atomic E-state index is 6.62. The van der Waals surface area contributed by atoms with Crippen LogP contribution < -0.4 is 5.73 Å². The third-order valence-corrected chi connectivity index (χ3v) is 4.05. The summed E-state index contributed by atoms with van der Waals surface area (Å²) in [4.78, 5) is 0. The Hall–Kier alpha value is -0.820. The summed E-state index contributed by atoms with van der Waals surface area (Å²) in [5, 5.41) is 0. The van der Waals surface area contributed by atoms with Gasteiger partial charge in [-0.3, -0.25) is 0 Å². The Morgan fingerprint density at radius 3 is 2.87 bits per heavy atom. The van der Waals surface area contributed by atoms with E-state index in [0.717, 1.165) is 12.8 Å². The molecule has 2 unspecified atom stereocenters. The zero-order chi connectivity index (χ0) is 10.9. The first-order valence-electron chi connectivity index (χ1n) is 6.05. The molecule has 0 radical (unpaired) electrons. The molecule has 82 valence electrons. The van der Waals surface area contributed by atoms with Crippen molar-refractivity contribution in [3.63, 3.8) is 0 Å². The van der Waals surface area contributed by atoms with Crippen LogP contribution in [0.4, 0.5) is 0 Å². The highest BCUT2D eigenvalue weighted by molar-refractivity contribution is 5.36. The molecular formula is C14H21N. The van der Waals surface area contributed by atoms with Crippen LogP contribution in [0.2, 0.25) is 0 Å². The first-order chi connectivity index (χ1) is 7.18. The summed E-state index contributed by atoms with van der Waals surface area (Å²) in [6.45, 7) is 4.51. The molecule has 15 heavy (non-hydrogen) atoms. The Labute approximate surface area is 92.7 Å². The number of nitrogens with two attached hydrogens (primary N) is 1. The Kier molecular flexibility index (Phi) is 2.83. The van der Waals surface area contributed by atoms with Gasteiger partial charge in [0.15, 0.2) is 0 Å². The van der Waals surface area contributed by atoms with E-state index in [1.165, 1.54) is 24.0 Å². The van der Waals surface area contributed by atoms with E-state index >= 15 is 0 Å². The Morgan fingerprint density at radius 1 is 1.40 bits per heavy atom. The molecule has 0 amide bonds. The zero-order valence-corrected chi connectivity index (χ0v) is 9.79. The minimum atomic E-state index is -0.0798. The van der Waals surface area contributed by atoms with Gasteiger partial charge in [-0.15, -0.1) is 0 Å². The minimum Gasteiger partial charge on any atom is -0.321 e. The van der Waals surface area contributed by atoms with E-state index in [4.69, 9.17) is 5.73 Å². The molecule has 2 N–H and O–H groups in total. The second kappa shape index (κ2) is 3.97. The molecule has 1 nitrogen and oxygen atoms in total. The first kappa shape index (κ1) is 10.7.